The predicted molar refractivity (Wildman–Crippen MR) is 66.4 cm³/mol. The molecule has 1 aliphatic rings. The van der Waals surface area contributed by atoms with Crippen LogP contribution in [0.25, 0.3) is 0 Å². The molecule has 0 aliphatic heterocycles. The molecule has 0 spiro atoms. The average Bonchev–Trinajstić information content (AvgIpc) is 2.91. The van der Waals surface area contributed by atoms with Gasteiger partial charge in [0.05, 0.1) is 22.0 Å². The second-order valence-electron chi connectivity index (χ2n) is 4.22. The van der Waals surface area contributed by atoms with Crippen LogP contribution in [-0.4, -0.2) is 15.8 Å². The van der Waals surface area contributed by atoms with E-state index in [4.69, 9.17) is 0 Å². The Morgan fingerprint density at radius 2 is 2.41 bits per heavy atom. The van der Waals surface area contributed by atoms with Crippen LogP contribution < -0.4 is 0 Å². The van der Waals surface area contributed by atoms with Crippen LogP contribution in [0.5, 0.6) is 0 Å². The summed E-state index contributed by atoms with van der Waals surface area (Å²) in [5, 5.41) is 0. The molecule has 0 radical (unpaired) electrons. The van der Waals surface area contributed by atoms with Crippen LogP contribution in [0.15, 0.2) is 30.0 Å². The summed E-state index contributed by atoms with van der Waals surface area (Å²) in [4.78, 5) is 21.5. The van der Waals surface area contributed by atoms with Crippen molar-refractivity contribution in [1.82, 2.24) is 9.97 Å². The molecule has 86 valence electrons. The molecule has 0 saturated heterocycles. The number of carbonyl (C=O) groups excluding carboxylic acids is 1. The molecule has 17 heavy (non-hydrogen) atoms. The Morgan fingerprint density at radius 3 is 3.24 bits per heavy atom. The highest BCUT2D eigenvalue weighted by atomic mass is 32.1. The number of carbonyl (C=O) groups is 1. The zero-order valence-corrected chi connectivity index (χ0v) is 10.1. The van der Waals surface area contributed by atoms with Gasteiger partial charge in [-0.25, -0.2) is 0 Å². The lowest BCUT2D eigenvalue weighted by Gasteiger charge is -2.22. The first kappa shape index (κ1) is 10.6. The molecule has 1 atom stereocenters. The zero-order valence-electron chi connectivity index (χ0n) is 9.30. The van der Waals surface area contributed by atoms with Crippen LogP contribution in [0.2, 0.25) is 0 Å². The number of hydrogen-bond acceptors (Lipinski definition) is 4. The Kier molecular flexibility index (Phi) is 2.73. The van der Waals surface area contributed by atoms with Crippen molar-refractivity contribution in [1.29, 1.82) is 0 Å². The molecular formula is C13H12N2OS. The van der Waals surface area contributed by atoms with Crippen LogP contribution in [0, 0.1) is 0 Å². The SMILES string of the molecule is O=C(c1cncs1)C1CCCc2cccnc21. The predicted octanol–water partition coefficient (Wildman–Crippen LogP) is 2.84. The second kappa shape index (κ2) is 4.37. The fraction of sp³-hybridized carbons (Fsp3) is 0.308. The number of thiazole rings is 1. The molecule has 0 fully saturated rings. The van der Waals surface area contributed by atoms with E-state index in [-0.39, 0.29) is 11.7 Å². The summed E-state index contributed by atoms with van der Waals surface area (Å²) < 4.78 is 0. The smallest absolute Gasteiger partial charge is 0.183 e. The average molecular weight is 244 g/mol. The van der Waals surface area contributed by atoms with E-state index in [1.807, 2.05) is 6.07 Å². The van der Waals surface area contributed by atoms with E-state index in [1.165, 1.54) is 16.9 Å². The summed E-state index contributed by atoms with van der Waals surface area (Å²) in [6.07, 6.45) is 6.44. The third kappa shape index (κ3) is 1.89. The molecule has 0 saturated carbocycles. The van der Waals surface area contributed by atoms with Crippen molar-refractivity contribution in [3.05, 3.63) is 46.2 Å². The van der Waals surface area contributed by atoms with Gasteiger partial charge in [0.25, 0.3) is 0 Å². The van der Waals surface area contributed by atoms with Gasteiger partial charge in [0.1, 0.15) is 0 Å². The molecule has 0 aromatic carbocycles. The molecule has 2 heterocycles. The molecule has 0 amide bonds. The van der Waals surface area contributed by atoms with E-state index < -0.39 is 0 Å². The minimum atomic E-state index is -0.0691. The molecule has 0 bridgehead atoms. The molecule has 0 N–H and O–H groups in total. The first-order valence-corrected chi connectivity index (χ1v) is 6.60. The quantitative estimate of drug-likeness (QED) is 0.763. The Balaban J connectivity index is 1.98. The number of aromatic nitrogens is 2. The third-order valence-electron chi connectivity index (χ3n) is 3.19. The number of rotatable bonds is 2. The number of Topliss-reactive ketones (excluding diaryl/α,β-unsaturated/α-hetero) is 1. The highest BCUT2D eigenvalue weighted by molar-refractivity contribution is 7.11. The van der Waals surface area contributed by atoms with Crippen LogP contribution in [0.4, 0.5) is 0 Å². The number of hydrogen-bond donors (Lipinski definition) is 0. The summed E-state index contributed by atoms with van der Waals surface area (Å²) in [5.41, 5.74) is 3.90. The van der Waals surface area contributed by atoms with Gasteiger partial charge in [0, 0.05) is 12.4 Å². The van der Waals surface area contributed by atoms with Gasteiger partial charge in [-0.05, 0) is 30.9 Å². The van der Waals surface area contributed by atoms with Gasteiger partial charge in [-0.1, -0.05) is 6.07 Å². The van der Waals surface area contributed by atoms with Crippen LogP contribution >= 0.6 is 11.3 Å². The van der Waals surface area contributed by atoms with E-state index in [2.05, 4.69) is 16.0 Å². The Labute approximate surface area is 104 Å². The van der Waals surface area contributed by atoms with Gasteiger partial charge in [0.15, 0.2) is 5.78 Å². The number of aryl methyl sites for hydroxylation is 1. The molecule has 4 heteroatoms. The van der Waals surface area contributed by atoms with Gasteiger partial charge in [-0.15, -0.1) is 11.3 Å². The van der Waals surface area contributed by atoms with Crippen molar-refractivity contribution < 1.29 is 4.79 Å². The highest BCUT2D eigenvalue weighted by Crippen LogP contribution is 2.33. The van der Waals surface area contributed by atoms with Crippen molar-refractivity contribution in [2.45, 2.75) is 25.2 Å². The number of ketones is 1. The maximum Gasteiger partial charge on any atom is 0.183 e. The Morgan fingerprint density at radius 1 is 1.47 bits per heavy atom. The molecule has 1 unspecified atom stereocenters. The van der Waals surface area contributed by atoms with E-state index in [0.29, 0.717) is 0 Å². The minimum absolute atomic E-state index is 0.0691. The van der Waals surface area contributed by atoms with E-state index in [9.17, 15) is 4.79 Å². The largest absolute Gasteiger partial charge is 0.292 e. The molecule has 1 aliphatic carbocycles. The Bertz CT molecular complexity index is 536. The lowest BCUT2D eigenvalue weighted by Crippen LogP contribution is -2.19. The van der Waals surface area contributed by atoms with Crippen molar-refractivity contribution >= 4 is 17.1 Å². The summed E-state index contributed by atoms with van der Waals surface area (Å²) in [7, 11) is 0. The zero-order chi connectivity index (χ0) is 11.7. The van der Waals surface area contributed by atoms with Crippen molar-refractivity contribution in [2.24, 2.45) is 0 Å². The second-order valence-corrected chi connectivity index (χ2v) is 5.11. The highest BCUT2D eigenvalue weighted by Gasteiger charge is 2.28. The van der Waals surface area contributed by atoms with Crippen LogP contribution in [-0.2, 0) is 6.42 Å². The summed E-state index contributed by atoms with van der Waals surface area (Å²) in [5.74, 6) is 0.104. The maximum atomic E-state index is 12.4. The van der Waals surface area contributed by atoms with Crippen LogP contribution in [0.3, 0.4) is 0 Å². The van der Waals surface area contributed by atoms with Crippen molar-refractivity contribution in [2.75, 3.05) is 0 Å². The monoisotopic (exact) mass is 244 g/mol. The summed E-state index contributed by atoms with van der Waals surface area (Å²) >= 11 is 1.41. The minimum Gasteiger partial charge on any atom is -0.292 e. The van der Waals surface area contributed by atoms with Gasteiger partial charge >= 0.3 is 0 Å². The molecule has 3 nitrogen and oxygen atoms in total. The van der Waals surface area contributed by atoms with E-state index in [0.717, 1.165) is 29.8 Å². The van der Waals surface area contributed by atoms with Crippen molar-refractivity contribution in [3.8, 4) is 0 Å². The fourth-order valence-corrected chi connectivity index (χ4v) is 2.99. The van der Waals surface area contributed by atoms with Gasteiger partial charge in [0.2, 0.25) is 0 Å². The molecule has 2 aromatic rings. The lowest BCUT2D eigenvalue weighted by molar-refractivity contribution is 0.0953. The van der Waals surface area contributed by atoms with Crippen molar-refractivity contribution in [3.63, 3.8) is 0 Å². The lowest BCUT2D eigenvalue weighted by atomic mass is 9.84. The van der Waals surface area contributed by atoms with Gasteiger partial charge in [-0.3, -0.25) is 14.8 Å². The number of nitrogens with zero attached hydrogens (tertiary/aromatic N) is 2. The first-order chi connectivity index (χ1) is 8.36. The summed E-state index contributed by atoms with van der Waals surface area (Å²) in [6, 6.07) is 4.02. The van der Waals surface area contributed by atoms with E-state index >= 15 is 0 Å². The molecular weight excluding hydrogens is 232 g/mol. The normalized spacial score (nSPS) is 18.7. The maximum absolute atomic E-state index is 12.4. The third-order valence-corrected chi connectivity index (χ3v) is 3.97. The number of pyridine rings is 1. The van der Waals surface area contributed by atoms with Gasteiger partial charge in [-0.2, -0.15) is 0 Å². The van der Waals surface area contributed by atoms with Gasteiger partial charge < -0.3 is 0 Å². The number of fused-ring (bicyclic) bond motifs is 1. The van der Waals surface area contributed by atoms with Crippen LogP contribution in [0.1, 0.15) is 39.7 Å². The standard InChI is InChI=1S/C13H12N2OS/c16-13(11-7-14-8-17-11)10-5-1-3-9-4-2-6-15-12(9)10/h2,4,6-8,10H,1,3,5H2. The Hall–Kier alpha value is -1.55. The fourth-order valence-electron chi connectivity index (χ4n) is 2.37. The molecule has 3 rings (SSSR count). The first-order valence-electron chi connectivity index (χ1n) is 5.73. The topological polar surface area (TPSA) is 42.9 Å². The van der Waals surface area contributed by atoms with E-state index in [1.54, 1.807) is 17.9 Å². The molecule has 2 aromatic heterocycles. The summed E-state index contributed by atoms with van der Waals surface area (Å²) in [6.45, 7) is 0.